The molecule has 1 rings (SSSR count). The van der Waals surface area contributed by atoms with Crippen molar-refractivity contribution in [2.45, 2.75) is 51.6 Å². The Labute approximate surface area is 115 Å². The van der Waals surface area contributed by atoms with Crippen LogP contribution < -0.4 is 5.32 Å². The van der Waals surface area contributed by atoms with Crippen molar-refractivity contribution in [3.05, 3.63) is 0 Å². The van der Waals surface area contributed by atoms with Gasteiger partial charge in [-0.05, 0) is 25.7 Å². The third kappa shape index (κ3) is 4.15. The lowest BCUT2D eigenvalue weighted by atomic mass is 10.2. The fraction of sp³-hybridized carbons (Fsp3) is 0.917. The van der Waals surface area contributed by atoms with E-state index in [4.69, 9.17) is 5.11 Å². The van der Waals surface area contributed by atoms with Gasteiger partial charge in [-0.25, -0.2) is 8.42 Å². The highest BCUT2D eigenvalue weighted by atomic mass is 32.2. The van der Waals surface area contributed by atoms with Crippen LogP contribution in [0.25, 0.3) is 0 Å². The molecular formula is C12H24N2O4S. The van der Waals surface area contributed by atoms with E-state index in [9.17, 15) is 13.2 Å². The van der Waals surface area contributed by atoms with Gasteiger partial charge in [-0.2, -0.15) is 4.31 Å². The predicted molar refractivity (Wildman–Crippen MR) is 73.1 cm³/mol. The molecule has 2 N–H and O–H groups in total. The van der Waals surface area contributed by atoms with Gasteiger partial charge in [0, 0.05) is 6.54 Å². The molecule has 112 valence electrons. The maximum atomic E-state index is 12.1. The number of hydrogen-bond donors (Lipinski definition) is 2. The van der Waals surface area contributed by atoms with Crippen LogP contribution in [0, 0.1) is 0 Å². The summed E-state index contributed by atoms with van der Waals surface area (Å²) in [5.41, 5.74) is 0. The molecule has 1 aliphatic rings. The molecule has 0 aromatic carbocycles. The normalized spacial score (nSPS) is 22.4. The number of rotatable bonds is 7. The zero-order valence-electron chi connectivity index (χ0n) is 11.6. The highest BCUT2D eigenvalue weighted by Crippen LogP contribution is 2.22. The summed E-state index contributed by atoms with van der Waals surface area (Å²) in [5, 5.41) is 11.8. The smallest absolute Gasteiger partial charge is 0.238 e. The number of hydrogen-bond acceptors (Lipinski definition) is 4. The van der Waals surface area contributed by atoms with E-state index < -0.39 is 16.1 Å². The molecule has 0 saturated carbocycles. The average Bonchev–Trinajstić information content (AvgIpc) is 2.85. The summed E-state index contributed by atoms with van der Waals surface area (Å²) in [5.74, 6) is -0.216. The molecule has 1 aliphatic heterocycles. The van der Waals surface area contributed by atoms with Crippen LogP contribution >= 0.6 is 0 Å². The molecule has 1 amide bonds. The molecule has 0 aliphatic carbocycles. The lowest BCUT2D eigenvalue weighted by Gasteiger charge is -2.25. The van der Waals surface area contributed by atoms with Gasteiger partial charge in [0.15, 0.2) is 0 Å². The maximum Gasteiger partial charge on any atom is 0.238 e. The van der Waals surface area contributed by atoms with Crippen molar-refractivity contribution in [3.8, 4) is 0 Å². The fourth-order valence-electron chi connectivity index (χ4n) is 2.28. The minimum atomic E-state index is -3.34. The van der Waals surface area contributed by atoms with Gasteiger partial charge in [-0.1, -0.05) is 13.8 Å². The van der Waals surface area contributed by atoms with Gasteiger partial charge in [-0.3, -0.25) is 4.79 Å². The topological polar surface area (TPSA) is 86.7 Å². The van der Waals surface area contributed by atoms with E-state index in [2.05, 4.69) is 5.32 Å². The Bertz CT molecular complexity index is 393. The van der Waals surface area contributed by atoms with Crippen molar-refractivity contribution in [3.63, 3.8) is 0 Å². The average molecular weight is 292 g/mol. The molecule has 1 heterocycles. The summed E-state index contributed by atoms with van der Waals surface area (Å²) in [7, 11) is -3.34. The molecule has 19 heavy (non-hydrogen) atoms. The van der Waals surface area contributed by atoms with Crippen molar-refractivity contribution in [2.24, 2.45) is 0 Å². The summed E-state index contributed by atoms with van der Waals surface area (Å²) in [6, 6.07) is -0.916. The SMILES string of the molecule is CCCS(=O)(=O)N1CCCC1C(=O)NC(CC)CO. The second-order valence-electron chi connectivity index (χ2n) is 4.88. The quantitative estimate of drug-likeness (QED) is 0.695. The third-order valence-corrected chi connectivity index (χ3v) is 5.46. The molecule has 1 fully saturated rings. The second-order valence-corrected chi connectivity index (χ2v) is 6.92. The van der Waals surface area contributed by atoms with Crippen LogP contribution in [0.1, 0.15) is 39.5 Å². The molecule has 7 heteroatoms. The van der Waals surface area contributed by atoms with Crippen LogP contribution in [0.3, 0.4) is 0 Å². The Morgan fingerprint density at radius 1 is 1.47 bits per heavy atom. The van der Waals surface area contributed by atoms with Crippen LogP contribution in [0.5, 0.6) is 0 Å². The van der Waals surface area contributed by atoms with Gasteiger partial charge in [0.1, 0.15) is 6.04 Å². The van der Waals surface area contributed by atoms with Crippen molar-refractivity contribution < 1.29 is 18.3 Å². The van der Waals surface area contributed by atoms with Gasteiger partial charge >= 0.3 is 0 Å². The summed E-state index contributed by atoms with van der Waals surface area (Å²) in [6.45, 7) is 3.95. The number of sulfonamides is 1. The van der Waals surface area contributed by atoms with Crippen molar-refractivity contribution >= 4 is 15.9 Å². The van der Waals surface area contributed by atoms with Crippen molar-refractivity contribution in [2.75, 3.05) is 18.9 Å². The highest BCUT2D eigenvalue weighted by Gasteiger charge is 2.38. The Kier molecular flexibility index (Phi) is 6.22. The first kappa shape index (κ1) is 16.4. The Balaban J connectivity index is 2.73. The second kappa shape index (κ2) is 7.21. The minimum Gasteiger partial charge on any atom is -0.394 e. The van der Waals surface area contributed by atoms with Crippen LogP contribution in [0.15, 0.2) is 0 Å². The lowest BCUT2D eigenvalue weighted by molar-refractivity contribution is -0.125. The zero-order chi connectivity index (χ0) is 14.5. The molecule has 1 saturated heterocycles. The third-order valence-electron chi connectivity index (χ3n) is 3.39. The number of amides is 1. The van der Waals surface area contributed by atoms with Gasteiger partial charge in [-0.15, -0.1) is 0 Å². The van der Waals surface area contributed by atoms with E-state index in [-0.39, 0.29) is 24.3 Å². The molecule has 0 spiro atoms. The fourth-order valence-corrected chi connectivity index (χ4v) is 4.03. The number of aliphatic hydroxyl groups excluding tert-OH is 1. The number of nitrogens with zero attached hydrogens (tertiary/aromatic N) is 1. The Hall–Kier alpha value is -0.660. The molecule has 0 bridgehead atoms. The molecular weight excluding hydrogens is 268 g/mol. The van der Waals surface area contributed by atoms with Crippen LogP contribution in [0.2, 0.25) is 0 Å². The first-order valence-corrected chi connectivity index (χ1v) is 8.47. The van der Waals surface area contributed by atoms with Crippen LogP contribution in [-0.2, 0) is 14.8 Å². The van der Waals surface area contributed by atoms with Crippen molar-refractivity contribution in [1.82, 2.24) is 9.62 Å². The van der Waals surface area contributed by atoms with Gasteiger partial charge in [0.25, 0.3) is 0 Å². The largest absolute Gasteiger partial charge is 0.394 e. The molecule has 0 aromatic rings. The van der Waals surface area contributed by atoms with E-state index in [0.717, 1.165) is 0 Å². The van der Waals surface area contributed by atoms with Gasteiger partial charge in [0.2, 0.25) is 15.9 Å². The first-order valence-electron chi connectivity index (χ1n) is 6.87. The van der Waals surface area contributed by atoms with Crippen LogP contribution in [-0.4, -0.2) is 54.7 Å². The molecule has 0 radical (unpaired) electrons. The van der Waals surface area contributed by atoms with E-state index in [1.807, 2.05) is 13.8 Å². The summed E-state index contributed by atoms with van der Waals surface area (Å²) in [4.78, 5) is 12.1. The molecule has 2 atom stereocenters. The Morgan fingerprint density at radius 2 is 2.16 bits per heavy atom. The maximum absolute atomic E-state index is 12.1. The van der Waals surface area contributed by atoms with Crippen molar-refractivity contribution in [1.29, 1.82) is 0 Å². The first-order chi connectivity index (χ1) is 8.96. The predicted octanol–water partition coefficient (Wildman–Crippen LogP) is 0.0777. The van der Waals surface area contributed by atoms with Crippen LogP contribution in [0.4, 0.5) is 0 Å². The molecule has 2 unspecified atom stereocenters. The number of nitrogens with one attached hydrogen (secondary N) is 1. The summed E-state index contributed by atoms with van der Waals surface area (Å²) in [6.07, 6.45) is 2.42. The van der Waals surface area contributed by atoms with E-state index in [1.165, 1.54) is 4.31 Å². The van der Waals surface area contributed by atoms with Gasteiger partial charge < -0.3 is 10.4 Å². The van der Waals surface area contributed by atoms with E-state index >= 15 is 0 Å². The van der Waals surface area contributed by atoms with Gasteiger partial charge in [0.05, 0.1) is 18.4 Å². The highest BCUT2D eigenvalue weighted by molar-refractivity contribution is 7.89. The molecule has 6 nitrogen and oxygen atoms in total. The Morgan fingerprint density at radius 3 is 2.68 bits per heavy atom. The number of carbonyl (C=O) groups is 1. The zero-order valence-corrected chi connectivity index (χ0v) is 12.4. The number of carbonyl (C=O) groups excluding carboxylic acids is 1. The standard InChI is InChI=1S/C12H24N2O4S/c1-3-8-19(17,18)14-7-5-6-11(14)12(16)13-10(4-2)9-15/h10-11,15H,3-9H2,1-2H3,(H,13,16). The van der Waals surface area contributed by atoms with E-state index in [1.54, 1.807) is 0 Å². The molecule has 0 aromatic heterocycles. The lowest BCUT2D eigenvalue weighted by Crippen LogP contribution is -2.49. The van der Waals surface area contributed by atoms with E-state index in [0.29, 0.717) is 32.2 Å². The summed E-state index contributed by atoms with van der Waals surface area (Å²) < 4.78 is 25.5. The minimum absolute atomic E-state index is 0.0774. The summed E-state index contributed by atoms with van der Waals surface area (Å²) >= 11 is 0. The number of aliphatic hydroxyl groups is 1. The monoisotopic (exact) mass is 292 g/mol.